The monoisotopic (exact) mass is 257 g/mol. The van der Waals surface area contributed by atoms with Crippen LogP contribution in [-0.4, -0.2) is 16.7 Å². The fourth-order valence-electron chi connectivity index (χ4n) is 1.40. The summed E-state index contributed by atoms with van der Waals surface area (Å²) in [5.41, 5.74) is 11.0. The number of carbonyl (C=O) groups is 2. The molecule has 96 valence electrons. The predicted octanol–water partition coefficient (Wildman–Crippen LogP) is 1.12. The Balaban J connectivity index is 2.22. The Morgan fingerprint density at radius 2 is 1.74 bits per heavy atom. The Kier molecular flexibility index (Phi) is 3.42. The van der Waals surface area contributed by atoms with E-state index in [-0.39, 0.29) is 5.69 Å². The highest BCUT2D eigenvalue weighted by molar-refractivity contribution is 6.41. The van der Waals surface area contributed by atoms with Crippen LogP contribution in [0.1, 0.15) is 10.5 Å². The molecule has 4 N–H and O–H groups in total. The molecule has 0 aliphatic rings. The van der Waals surface area contributed by atoms with Gasteiger partial charge in [-0.1, -0.05) is 0 Å². The Labute approximate surface area is 109 Å². The molecule has 0 unspecified atom stereocenters. The van der Waals surface area contributed by atoms with E-state index in [2.05, 4.69) is 4.98 Å². The number of nitrogen functional groups attached to an aromatic ring is 1. The third-order valence-corrected chi connectivity index (χ3v) is 2.30. The average molecular weight is 257 g/mol. The van der Waals surface area contributed by atoms with Gasteiger partial charge in [0.15, 0.2) is 0 Å². The number of ether oxygens (including phenoxy) is 1. The van der Waals surface area contributed by atoms with Crippen LogP contribution in [0.4, 0.5) is 5.69 Å². The van der Waals surface area contributed by atoms with E-state index in [0.29, 0.717) is 17.2 Å². The van der Waals surface area contributed by atoms with Gasteiger partial charge in [0, 0.05) is 18.0 Å². The van der Waals surface area contributed by atoms with Crippen molar-refractivity contribution in [2.24, 2.45) is 5.73 Å². The van der Waals surface area contributed by atoms with Crippen molar-refractivity contribution in [3.63, 3.8) is 0 Å². The van der Waals surface area contributed by atoms with Crippen LogP contribution >= 0.6 is 0 Å². The smallest absolute Gasteiger partial charge is 0.291 e. The Morgan fingerprint density at radius 1 is 1.05 bits per heavy atom. The molecule has 0 fully saturated rings. The lowest BCUT2D eigenvalue weighted by molar-refractivity contribution is -0.114. The van der Waals surface area contributed by atoms with Gasteiger partial charge in [-0.05, 0) is 30.3 Å². The molecule has 0 aliphatic carbocycles. The zero-order valence-electron chi connectivity index (χ0n) is 9.87. The van der Waals surface area contributed by atoms with Gasteiger partial charge >= 0.3 is 0 Å². The molecule has 1 aromatic carbocycles. The lowest BCUT2D eigenvalue weighted by Crippen LogP contribution is -2.23. The summed E-state index contributed by atoms with van der Waals surface area (Å²) < 4.78 is 5.50. The second-order valence-corrected chi connectivity index (χ2v) is 3.74. The lowest BCUT2D eigenvalue weighted by atomic mass is 10.2. The number of nitrogens with zero attached hydrogens (tertiary/aromatic N) is 1. The van der Waals surface area contributed by atoms with Crippen molar-refractivity contribution in [3.8, 4) is 11.5 Å². The standard InChI is InChI=1S/C13H11N3O3/c14-8-1-3-9(4-2-8)19-10-5-6-16-11(7-10)12(17)13(15)18/h1-7H,14H2,(H2,15,18). The summed E-state index contributed by atoms with van der Waals surface area (Å²) in [6.07, 6.45) is 1.36. The highest BCUT2D eigenvalue weighted by Gasteiger charge is 2.14. The molecule has 0 spiro atoms. The number of amides is 1. The minimum atomic E-state index is -1.06. The van der Waals surface area contributed by atoms with Gasteiger partial charge in [-0.2, -0.15) is 0 Å². The number of pyridine rings is 1. The van der Waals surface area contributed by atoms with Crippen molar-refractivity contribution < 1.29 is 14.3 Å². The normalized spacial score (nSPS) is 9.89. The van der Waals surface area contributed by atoms with Gasteiger partial charge < -0.3 is 16.2 Å². The second-order valence-electron chi connectivity index (χ2n) is 3.74. The van der Waals surface area contributed by atoms with Gasteiger partial charge in [0.1, 0.15) is 17.2 Å². The molecule has 19 heavy (non-hydrogen) atoms. The number of hydrogen-bond donors (Lipinski definition) is 2. The molecule has 1 heterocycles. The van der Waals surface area contributed by atoms with Crippen LogP contribution < -0.4 is 16.2 Å². The number of primary amides is 1. The number of Topliss-reactive ketones (excluding diaryl/α,β-unsaturated/α-hetero) is 1. The first-order chi connectivity index (χ1) is 9.06. The average Bonchev–Trinajstić information content (AvgIpc) is 2.41. The largest absolute Gasteiger partial charge is 0.457 e. The van der Waals surface area contributed by atoms with Crippen molar-refractivity contribution in [3.05, 3.63) is 48.3 Å². The molecule has 1 amide bonds. The Hall–Kier alpha value is -2.89. The number of benzene rings is 1. The summed E-state index contributed by atoms with van der Waals surface area (Å²) >= 11 is 0. The number of rotatable bonds is 4. The molecule has 0 saturated heterocycles. The van der Waals surface area contributed by atoms with E-state index in [9.17, 15) is 9.59 Å². The fourth-order valence-corrected chi connectivity index (χ4v) is 1.40. The van der Waals surface area contributed by atoms with Gasteiger partial charge in [0.25, 0.3) is 11.7 Å². The molecule has 2 aromatic rings. The predicted molar refractivity (Wildman–Crippen MR) is 68.7 cm³/mol. The van der Waals surface area contributed by atoms with Crippen molar-refractivity contribution in [1.29, 1.82) is 0 Å². The minimum Gasteiger partial charge on any atom is -0.457 e. The molecule has 6 nitrogen and oxygen atoms in total. The third kappa shape index (κ3) is 3.06. The summed E-state index contributed by atoms with van der Waals surface area (Å²) in [6.45, 7) is 0. The van der Waals surface area contributed by atoms with Crippen molar-refractivity contribution >= 4 is 17.4 Å². The molecule has 6 heteroatoms. The molecule has 0 radical (unpaired) electrons. The maximum atomic E-state index is 11.4. The molecular weight excluding hydrogens is 246 g/mol. The number of ketones is 1. The molecule has 0 saturated carbocycles. The Morgan fingerprint density at radius 3 is 2.37 bits per heavy atom. The number of hydrogen-bond acceptors (Lipinski definition) is 5. The van der Waals surface area contributed by atoms with Crippen LogP contribution in [0.5, 0.6) is 11.5 Å². The lowest BCUT2D eigenvalue weighted by Gasteiger charge is -2.06. The third-order valence-electron chi connectivity index (χ3n) is 2.30. The van der Waals surface area contributed by atoms with E-state index in [0.717, 1.165) is 0 Å². The van der Waals surface area contributed by atoms with Crippen LogP contribution in [0.15, 0.2) is 42.6 Å². The molecule has 0 bridgehead atoms. The van der Waals surface area contributed by atoms with Crippen molar-refractivity contribution in [2.75, 3.05) is 5.73 Å². The highest BCUT2D eigenvalue weighted by Crippen LogP contribution is 2.22. The fraction of sp³-hybridized carbons (Fsp3) is 0. The molecule has 2 rings (SSSR count). The molecule has 1 aromatic heterocycles. The van der Waals surface area contributed by atoms with Crippen LogP contribution in [0.2, 0.25) is 0 Å². The first-order valence-electron chi connectivity index (χ1n) is 5.40. The zero-order chi connectivity index (χ0) is 13.8. The molecule has 0 aliphatic heterocycles. The summed E-state index contributed by atoms with van der Waals surface area (Å²) in [5, 5.41) is 0. The van der Waals surface area contributed by atoms with Crippen molar-refractivity contribution in [2.45, 2.75) is 0 Å². The van der Waals surface area contributed by atoms with E-state index >= 15 is 0 Å². The minimum absolute atomic E-state index is 0.0551. The number of anilines is 1. The van der Waals surface area contributed by atoms with Crippen LogP contribution in [0.25, 0.3) is 0 Å². The summed E-state index contributed by atoms with van der Waals surface area (Å²) in [6, 6.07) is 9.66. The zero-order valence-corrected chi connectivity index (χ0v) is 9.87. The highest BCUT2D eigenvalue weighted by atomic mass is 16.5. The van der Waals surface area contributed by atoms with Gasteiger partial charge in [0.05, 0.1) is 0 Å². The van der Waals surface area contributed by atoms with Gasteiger partial charge in [-0.3, -0.25) is 14.6 Å². The quantitative estimate of drug-likeness (QED) is 0.484. The summed E-state index contributed by atoms with van der Waals surface area (Å²) in [4.78, 5) is 25.9. The van der Waals surface area contributed by atoms with E-state index in [1.165, 1.54) is 12.3 Å². The van der Waals surface area contributed by atoms with Gasteiger partial charge in [0.2, 0.25) is 0 Å². The summed E-state index contributed by atoms with van der Waals surface area (Å²) in [5.74, 6) is -0.984. The second kappa shape index (κ2) is 5.18. The topological polar surface area (TPSA) is 108 Å². The van der Waals surface area contributed by atoms with Gasteiger partial charge in [-0.15, -0.1) is 0 Å². The number of nitrogens with two attached hydrogens (primary N) is 2. The Bertz CT molecular complexity index is 623. The number of aromatic nitrogens is 1. The van der Waals surface area contributed by atoms with E-state index in [1.54, 1.807) is 30.3 Å². The maximum Gasteiger partial charge on any atom is 0.291 e. The molecule has 0 atom stereocenters. The first kappa shape index (κ1) is 12.6. The van der Waals surface area contributed by atoms with Gasteiger partial charge in [-0.25, -0.2) is 0 Å². The van der Waals surface area contributed by atoms with Crippen LogP contribution in [0, 0.1) is 0 Å². The number of carbonyl (C=O) groups excluding carboxylic acids is 2. The molecular formula is C13H11N3O3. The van der Waals surface area contributed by atoms with E-state index < -0.39 is 11.7 Å². The van der Waals surface area contributed by atoms with Crippen LogP contribution in [0.3, 0.4) is 0 Å². The first-order valence-corrected chi connectivity index (χ1v) is 5.40. The SMILES string of the molecule is NC(=O)C(=O)c1cc(Oc2ccc(N)cc2)ccn1. The van der Waals surface area contributed by atoms with E-state index in [4.69, 9.17) is 16.2 Å². The van der Waals surface area contributed by atoms with Crippen LogP contribution in [-0.2, 0) is 4.79 Å². The van der Waals surface area contributed by atoms with E-state index in [1.807, 2.05) is 0 Å². The maximum absolute atomic E-state index is 11.4. The van der Waals surface area contributed by atoms with Crippen molar-refractivity contribution in [1.82, 2.24) is 4.98 Å². The summed E-state index contributed by atoms with van der Waals surface area (Å²) in [7, 11) is 0.